The van der Waals surface area contributed by atoms with Crippen LogP contribution in [-0.4, -0.2) is 53.5 Å². The zero-order chi connectivity index (χ0) is 24.0. The maximum Gasteiger partial charge on any atom is 0.269 e. The third-order valence-electron chi connectivity index (χ3n) is 6.00. The highest BCUT2D eigenvalue weighted by Crippen LogP contribution is 2.52. The fraction of sp³-hybridized carbons (Fsp3) is 0.333. The minimum absolute atomic E-state index is 0.0858. The number of alkyl halides is 2. The van der Waals surface area contributed by atoms with E-state index < -0.39 is 7.05 Å². The lowest BCUT2D eigenvalue weighted by molar-refractivity contribution is -0.384. The molecule has 0 bridgehead atoms. The maximum absolute atomic E-state index is 11.0. The van der Waals surface area contributed by atoms with Crippen molar-refractivity contribution >= 4 is 58.1 Å². The number of nitro benzene ring substituents is 1. The number of benzene rings is 3. The van der Waals surface area contributed by atoms with E-state index in [0.717, 1.165) is 48.9 Å². The number of nitrogens with one attached hydrogen (secondary N) is 2. The van der Waals surface area contributed by atoms with Crippen molar-refractivity contribution in [3.63, 3.8) is 0 Å². The molecule has 0 saturated carbocycles. The lowest BCUT2D eigenvalue weighted by Crippen LogP contribution is -2.32. The first-order chi connectivity index (χ1) is 16.5. The fourth-order valence-electron chi connectivity index (χ4n) is 4.22. The molecule has 3 aromatic carbocycles. The van der Waals surface area contributed by atoms with E-state index >= 15 is 0 Å². The van der Waals surface area contributed by atoms with Gasteiger partial charge in [0.05, 0.1) is 24.0 Å². The summed E-state index contributed by atoms with van der Waals surface area (Å²) in [5.74, 6) is 1.06. The Morgan fingerprint density at radius 2 is 1.53 bits per heavy atom. The summed E-state index contributed by atoms with van der Waals surface area (Å²) < 4.78 is 5.29. The van der Waals surface area contributed by atoms with Gasteiger partial charge < -0.3 is 10.6 Å². The van der Waals surface area contributed by atoms with Crippen LogP contribution in [0.1, 0.15) is 5.56 Å². The molecular weight excluding hydrogens is 492 g/mol. The Morgan fingerprint density at radius 1 is 0.941 bits per heavy atom. The van der Waals surface area contributed by atoms with Gasteiger partial charge >= 0.3 is 0 Å². The van der Waals surface area contributed by atoms with Crippen molar-refractivity contribution in [2.45, 2.75) is 6.54 Å². The Kier molecular flexibility index (Phi) is 8.32. The topological polar surface area (TPSA) is 82.8 Å². The largest absolute Gasteiger partial charge is 0.379 e. The van der Waals surface area contributed by atoms with Crippen molar-refractivity contribution in [3.8, 4) is 0 Å². The first kappa shape index (κ1) is 24.8. The van der Waals surface area contributed by atoms with Crippen LogP contribution in [0.2, 0.25) is 0 Å². The van der Waals surface area contributed by atoms with Gasteiger partial charge in [-0.3, -0.25) is 19.8 Å². The van der Waals surface area contributed by atoms with E-state index in [2.05, 4.69) is 51.9 Å². The van der Waals surface area contributed by atoms with Gasteiger partial charge in [-0.15, -0.1) is 23.2 Å². The molecule has 0 spiro atoms. The second-order valence-electron chi connectivity index (χ2n) is 8.33. The number of hydrogen-bond donors (Lipinski definition) is 2. The van der Waals surface area contributed by atoms with E-state index in [4.69, 9.17) is 27.9 Å². The maximum atomic E-state index is 11.0. The SMILES string of the molecule is O=[N+]([O-])c1ccc(CN=P2(CN(CCCl)CCCl)CNc3cccc4cccc(c34)NC2)cc1. The van der Waals surface area contributed by atoms with Crippen molar-refractivity contribution < 1.29 is 4.92 Å². The van der Waals surface area contributed by atoms with E-state index in [-0.39, 0.29) is 10.6 Å². The lowest BCUT2D eigenvalue weighted by atomic mass is 10.1. The molecule has 0 aromatic heterocycles. The standard InChI is InChI=1S/C24H28Cl2N5O2P/c25-11-13-30(14-12-26)18-34(29-15-19-7-9-21(10-8-19)31(32)33)16-27-22-5-1-3-20-4-2-6-23(24(20)22)28-17-34/h1-10,27-28H,11-18H2. The van der Waals surface area contributed by atoms with Gasteiger partial charge in [-0.2, -0.15) is 0 Å². The van der Waals surface area contributed by atoms with Gasteiger partial charge in [-0.1, -0.05) is 36.4 Å². The van der Waals surface area contributed by atoms with E-state index in [0.29, 0.717) is 18.3 Å². The Labute approximate surface area is 209 Å². The molecule has 1 aliphatic heterocycles. The number of hydrogen-bond acceptors (Lipinski definition) is 6. The van der Waals surface area contributed by atoms with Crippen molar-refractivity contribution in [2.75, 3.05) is 54.3 Å². The molecule has 0 atom stereocenters. The predicted molar refractivity (Wildman–Crippen MR) is 145 cm³/mol. The van der Waals surface area contributed by atoms with Crippen LogP contribution in [0, 0.1) is 10.1 Å². The number of anilines is 2. The number of nitro groups is 1. The number of non-ortho nitro benzene ring substituents is 1. The molecule has 2 N–H and O–H groups in total. The van der Waals surface area contributed by atoms with E-state index in [1.165, 1.54) is 22.9 Å². The zero-order valence-electron chi connectivity index (χ0n) is 18.8. The Hall–Kier alpha value is -2.31. The summed E-state index contributed by atoms with van der Waals surface area (Å²) in [4.78, 5) is 12.9. The van der Waals surface area contributed by atoms with E-state index in [1.807, 2.05) is 0 Å². The van der Waals surface area contributed by atoms with Gasteiger partial charge in [-0.05, 0) is 23.1 Å². The summed E-state index contributed by atoms with van der Waals surface area (Å²) in [6, 6.07) is 19.2. The van der Waals surface area contributed by atoms with Gasteiger partial charge in [-0.25, -0.2) is 0 Å². The molecule has 4 rings (SSSR count). The highest BCUT2D eigenvalue weighted by molar-refractivity contribution is 7.66. The Bertz CT molecular complexity index is 1150. The van der Waals surface area contributed by atoms with Crippen molar-refractivity contribution in [2.24, 2.45) is 4.74 Å². The monoisotopic (exact) mass is 519 g/mol. The number of rotatable bonds is 9. The second-order valence-corrected chi connectivity index (χ2v) is 12.5. The molecule has 3 aromatic rings. The summed E-state index contributed by atoms with van der Waals surface area (Å²) in [5, 5.41) is 20.8. The fourth-order valence-corrected chi connectivity index (χ4v) is 7.72. The van der Waals surface area contributed by atoms with Crippen LogP contribution in [-0.2, 0) is 6.54 Å². The Morgan fingerprint density at radius 3 is 2.06 bits per heavy atom. The van der Waals surface area contributed by atoms with Gasteiger partial charge in [0.15, 0.2) is 0 Å². The normalized spacial score (nSPS) is 14.7. The molecule has 0 saturated heterocycles. The van der Waals surface area contributed by atoms with Gasteiger partial charge in [0, 0.05) is 67.1 Å². The summed E-state index contributed by atoms with van der Waals surface area (Å²) in [5.41, 5.74) is 3.23. The molecule has 7 nitrogen and oxygen atoms in total. The van der Waals surface area contributed by atoms with Crippen molar-refractivity contribution in [1.82, 2.24) is 4.90 Å². The van der Waals surface area contributed by atoms with Crippen LogP contribution in [0.3, 0.4) is 0 Å². The minimum atomic E-state index is -1.96. The van der Waals surface area contributed by atoms with Crippen molar-refractivity contribution in [3.05, 3.63) is 76.3 Å². The third kappa shape index (κ3) is 5.84. The first-order valence-electron chi connectivity index (χ1n) is 11.2. The lowest BCUT2D eigenvalue weighted by Gasteiger charge is -2.34. The minimum Gasteiger partial charge on any atom is -0.379 e. The third-order valence-corrected chi connectivity index (χ3v) is 9.50. The number of nitrogens with zero attached hydrogens (tertiary/aromatic N) is 3. The molecule has 0 aliphatic carbocycles. The zero-order valence-corrected chi connectivity index (χ0v) is 21.2. The summed E-state index contributed by atoms with van der Waals surface area (Å²) in [6.45, 7) is 1.99. The summed E-state index contributed by atoms with van der Waals surface area (Å²) >= 11 is 12.2. The first-order valence-corrected chi connectivity index (χ1v) is 14.5. The second kappa shape index (κ2) is 11.4. The summed E-state index contributed by atoms with van der Waals surface area (Å²) in [7, 11) is -1.96. The van der Waals surface area contributed by atoms with Crippen molar-refractivity contribution in [1.29, 1.82) is 0 Å². The average Bonchev–Trinajstić information content (AvgIpc) is 2.84. The molecule has 0 radical (unpaired) electrons. The molecule has 1 heterocycles. The molecule has 34 heavy (non-hydrogen) atoms. The molecule has 0 fully saturated rings. The van der Waals surface area contributed by atoms with E-state index in [1.54, 1.807) is 12.1 Å². The van der Waals surface area contributed by atoms with E-state index in [9.17, 15) is 10.1 Å². The van der Waals surface area contributed by atoms with Gasteiger partial charge in [0.2, 0.25) is 0 Å². The highest BCUT2D eigenvalue weighted by atomic mass is 35.5. The quantitative estimate of drug-likeness (QED) is 0.143. The van der Waals surface area contributed by atoms with Crippen LogP contribution < -0.4 is 10.6 Å². The predicted octanol–water partition coefficient (Wildman–Crippen LogP) is 6.64. The molecular formula is C24H28Cl2N5O2P. The van der Waals surface area contributed by atoms with Gasteiger partial charge in [0.1, 0.15) is 0 Å². The Balaban J connectivity index is 1.68. The molecule has 0 amide bonds. The molecule has 0 unspecified atom stereocenters. The summed E-state index contributed by atoms with van der Waals surface area (Å²) in [6.07, 6.45) is 2.26. The smallest absolute Gasteiger partial charge is 0.269 e. The molecule has 1 aliphatic rings. The van der Waals surface area contributed by atoms with Crippen LogP contribution in [0.25, 0.3) is 10.8 Å². The highest BCUT2D eigenvalue weighted by Gasteiger charge is 2.25. The molecule has 10 heteroatoms. The van der Waals surface area contributed by atoms with Crippen LogP contribution >= 0.6 is 30.3 Å². The van der Waals surface area contributed by atoms with Crippen LogP contribution in [0.4, 0.5) is 17.1 Å². The molecule has 180 valence electrons. The van der Waals surface area contributed by atoms with Gasteiger partial charge in [0.25, 0.3) is 5.69 Å². The van der Waals surface area contributed by atoms with Crippen LogP contribution in [0.5, 0.6) is 0 Å². The van der Waals surface area contributed by atoms with Crippen LogP contribution in [0.15, 0.2) is 65.4 Å². The average molecular weight is 520 g/mol. The number of halogens is 2.